The summed E-state index contributed by atoms with van der Waals surface area (Å²) in [5.74, 6) is -0.709. The van der Waals surface area contributed by atoms with Crippen molar-refractivity contribution in [2.45, 2.75) is 19.4 Å². The van der Waals surface area contributed by atoms with Gasteiger partial charge in [-0.1, -0.05) is 0 Å². The second kappa shape index (κ2) is 5.24. The first-order valence-electron chi connectivity index (χ1n) is 6.36. The number of nitro groups is 1. The fourth-order valence-corrected chi connectivity index (χ4v) is 2.44. The molecule has 0 atom stereocenters. The monoisotopic (exact) mass is 283 g/mol. The van der Waals surface area contributed by atoms with Crippen LogP contribution in [0.15, 0.2) is 12.1 Å². The molecule has 0 aliphatic carbocycles. The number of ether oxygens (including phenoxy) is 1. The van der Waals surface area contributed by atoms with Gasteiger partial charge < -0.3 is 15.0 Å². The van der Waals surface area contributed by atoms with E-state index in [4.69, 9.17) is 4.74 Å². The van der Waals surface area contributed by atoms with E-state index in [1.807, 2.05) is 18.7 Å². The SMILES string of the molecule is COc1cc(N2CCNC(C)(C)C2)c([N+](=O)[O-])cc1F. The first-order valence-corrected chi connectivity index (χ1v) is 6.36. The quantitative estimate of drug-likeness (QED) is 0.678. The highest BCUT2D eigenvalue weighted by Crippen LogP contribution is 2.35. The van der Waals surface area contributed by atoms with E-state index in [1.165, 1.54) is 13.2 Å². The predicted molar refractivity (Wildman–Crippen MR) is 73.9 cm³/mol. The van der Waals surface area contributed by atoms with Gasteiger partial charge in [0.2, 0.25) is 0 Å². The Morgan fingerprint density at radius 2 is 2.20 bits per heavy atom. The molecule has 1 fully saturated rings. The van der Waals surface area contributed by atoms with Crippen LogP contribution in [0.4, 0.5) is 15.8 Å². The van der Waals surface area contributed by atoms with E-state index in [-0.39, 0.29) is 17.0 Å². The van der Waals surface area contributed by atoms with Gasteiger partial charge in [0.1, 0.15) is 5.69 Å². The van der Waals surface area contributed by atoms with Crippen LogP contribution in [0.2, 0.25) is 0 Å². The van der Waals surface area contributed by atoms with Crippen molar-refractivity contribution in [3.05, 3.63) is 28.1 Å². The number of anilines is 1. The summed E-state index contributed by atoms with van der Waals surface area (Å²) in [5, 5.41) is 14.5. The van der Waals surface area contributed by atoms with E-state index in [9.17, 15) is 14.5 Å². The summed E-state index contributed by atoms with van der Waals surface area (Å²) >= 11 is 0. The number of rotatable bonds is 3. The van der Waals surface area contributed by atoms with Crippen LogP contribution in [-0.4, -0.2) is 37.2 Å². The highest BCUT2D eigenvalue weighted by molar-refractivity contribution is 5.66. The van der Waals surface area contributed by atoms with Gasteiger partial charge in [0.15, 0.2) is 11.6 Å². The van der Waals surface area contributed by atoms with Crippen LogP contribution in [0.5, 0.6) is 5.75 Å². The molecule has 20 heavy (non-hydrogen) atoms. The van der Waals surface area contributed by atoms with Crippen molar-refractivity contribution in [1.82, 2.24) is 5.32 Å². The molecule has 0 spiro atoms. The maximum atomic E-state index is 13.6. The van der Waals surface area contributed by atoms with Crippen LogP contribution in [0.3, 0.4) is 0 Å². The lowest BCUT2D eigenvalue weighted by Crippen LogP contribution is -2.57. The second-order valence-corrected chi connectivity index (χ2v) is 5.46. The van der Waals surface area contributed by atoms with Crippen molar-refractivity contribution in [1.29, 1.82) is 0 Å². The third-order valence-corrected chi connectivity index (χ3v) is 3.36. The number of halogens is 1. The van der Waals surface area contributed by atoms with Gasteiger partial charge in [-0.05, 0) is 13.8 Å². The van der Waals surface area contributed by atoms with Gasteiger partial charge in [-0.15, -0.1) is 0 Å². The highest BCUT2D eigenvalue weighted by Gasteiger charge is 2.30. The minimum absolute atomic E-state index is 0.0157. The maximum absolute atomic E-state index is 13.6. The lowest BCUT2D eigenvalue weighted by atomic mass is 10.0. The molecule has 1 aliphatic rings. The molecule has 7 heteroatoms. The number of nitro benzene ring substituents is 1. The van der Waals surface area contributed by atoms with E-state index in [2.05, 4.69) is 5.32 Å². The van der Waals surface area contributed by atoms with E-state index in [1.54, 1.807) is 0 Å². The van der Waals surface area contributed by atoms with Crippen LogP contribution in [0.1, 0.15) is 13.8 Å². The Morgan fingerprint density at radius 1 is 1.50 bits per heavy atom. The first-order chi connectivity index (χ1) is 9.34. The topological polar surface area (TPSA) is 67.6 Å². The summed E-state index contributed by atoms with van der Waals surface area (Å²) in [6.45, 7) is 5.98. The van der Waals surface area contributed by atoms with Gasteiger partial charge in [-0.3, -0.25) is 10.1 Å². The third-order valence-electron chi connectivity index (χ3n) is 3.36. The lowest BCUT2D eigenvalue weighted by molar-refractivity contribution is -0.384. The molecule has 2 rings (SSSR count). The van der Waals surface area contributed by atoms with E-state index >= 15 is 0 Å². The predicted octanol–water partition coefficient (Wildman–Crippen LogP) is 1.93. The lowest BCUT2D eigenvalue weighted by Gasteiger charge is -2.40. The molecular formula is C13H18FN3O3. The number of methoxy groups -OCH3 is 1. The fourth-order valence-electron chi connectivity index (χ4n) is 2.44. The van der Waals surface area contributed by atoms with E-state index in [0.29, 0.717) is 25.3 Å². The molecule has 6 nitrogen and oxygen atoms in total. The second-order valence-electron chi connectivity index (χ2n) is 5.46. The smallest absolute Gasteiger partial charge is 0.295 e. The number of benzene rings is 1. The summed E-state index contributed by atoms with van der Waals surface area (Å²) in [4.78, 5) is 12.5. The van der Waals surface area contributed by atoms with Gasteiger partial charge in [0.25, 0.3) is 5.69 Å². The largest absolute Gasteiger partial charge is 0.494 e. The molecule has 0 saturated carbocycles. The molecule has 0 amide bonds. The molecule has 1 aliphatic heterocycles. The molecule has 0 aromatic heterocycles. The number of hydrogen-bond acceptors (Lipinski definition) is 5. The van der Waals surface area contributed by atoms with Crippen LogP contribution >= 0.6 is 0 Å². The van der Waals surface area contributed by atoms with Gasteiger partial charge in [-0.2, -0.15) is 0 Å². The van der Waals surface area contributed by atoms with E-state index < -0.39 is 10.7 Å². The summed E-state index contributed by atoms with van der Waals surface area (Å²) in [6, 6.07) is 2.32. The zero-order valence-electron chi connectivity index (χ0n) is 11.8. The Kier molecular flexibility index (Phi) is 3.80. The number of nitrogens with zero attached hydrogens (tertiary/aromatic N) is 2. The molecule has 1 saturated heterocycles. The number of nitrogens with one attached hydrogen (secondary N) is 1. The molecular weight excluding hydrogens is 265 g/mol. The van der Waals surface area contributed by atoms with Crippen molar-refractivity contribution in [2.24, 2.45) is 0 Å². The van der Waals surface area contributed by atoms with Gasteiger partial charge >= 0.3 is 0 Å². The van der Waals surface area contributed by atoms with Gasteiger partial charge in [0.05, 0.1) is 18.1 Å². The zero-order valence-corrected chi connectivity index (χ0v) is 11.8. The van der Waals surface area contributed by atoms with Crippen molar-refractivity contribution in [3.63, 3.8) is 0 Å². The minimum Gasteiger partial charge on any atom is -0.494 e. The van der Waals surface area contributed by atoms with Crippen LogP contribution in [-0.2, 0) is 0 Å². The van der Waals surface area contributed by atoms with E-state index in [0.717, 1.165) is 6.07 Å². The molecule has 0 radical (unpaired) electrons. The summed E-state index contributed by atoms with van der Waals surface area (Å²) in [6.07, 6.45) is 0. The number of hydrogen-bond donors (Lipinski definition) is 1. The van der Waals surface area contributed by atoms with Crippen LogP contribution in [0.25, 0.3) is 0 Å². The molecule has 0 bridgehead atoms. The van der Waals surface area contributed by atoms with Crippen LogP contribution in [0, 0.1) is 15.9 Å². The Morgan fingerprint density at radius 3 is 2.75 bits per heavy atom. The zero-order chi connectivity index (χ0) is 14.9. The molecule has 1 aromatic rings. The van der Waals surface area contributed by atoms with Gasteiger partial charge in [0, 0.05) is 31.2 Å². The average molecular weight is 283 g/mol. The maximum Gasteiger partial charge on any atom is 0.295 e. The normalized spacial score (nSPS) is 17.9. The number of piperazine rings is 1. The third kappa shape index (κ3) is 2.82. The Labute approximate surface area is 116 Å². The van der Waals surface area contributed by atoms with Crippen molar-refractivity contribution < 1.29 is 14.1 Å². The van der Waals surface area contributed by atoms with Crippen molar-refractivity contribution in [2.75, 3.05) is 31.6 Å². The van der Waals surface area contributed by atoms with Crippen molar-refractivity contribution >= 4 is 11.4 Å². The standard InChI is InChI=1S/C13H18FN3O3/c1-13(2)8-16(5-4-15-13)10-7-12(20-3)9(14)6-11(10)17(18)19/h6-7,15H,4-5,8H2,1-3H3. The van der Waals surface area contributed by atoms with Crippen molar-refractivity contribution in [3.8, 4) is 5.75 Å². The first kappa shape index (κ1) is 14.5. The molecule has 110 valence electrons. The molecule has 1 heterocycles. The Bertz CT molecular complexity index is 534. The molecule has 1 N–H and O–H groups in total. The molecule has 1 aromatic carbocycles. The minimum atomic E-state index is -0.725. The molecule has 0 unspecified atom stereocenters. The summed E-state index contributed by atoms with van der Waals surface area (Å²) in [7, 11) is 1.34. The van der Waals surface area contributed by atoms with Crippen LogP contribution < -0.4 is 15.0 Å². The van der Waals surface area contributed by atoms with Gasteiger partial charge in [-0.25, -0.2) is 4.39 Å². The Balaban J connectivity index is 2.45. The Hall–Kier alpha value is -1.89. The summed E-state index contributed by atoms with van der Waals surface area (Å²) in [5.41, 5.74) is -0.00267. The average Bonchev–Trinajstić information content (AvgIpc) is 2.37. The fraction of sp³-hybridized carbons (Fsp3) is 0.538. The summed E-state index contributed by atoms with van der Waals surface area (Å²) < 4.78 is 18.6. The highest BCUT2D eigenvalue weighted by atomic mass is 19.1.